The molecule has 1 fully saturated rings. The van der Waals surface area contributed by atoms with Crippen molar-refractivity contribution in [1.29, 1.82) is 0 Å². The maximum atomic E-state index is 14.9. The summed E-state index contributed by atoms with van der Waals surface area (Å²) in [5, 5.41) is 7.22. The highest BCUT2D eigenvalue weighted by Crippen LogP contribution is 2.35. The molecule has 0 aliphatic carbocycles. The van der Waals surface area contributed by atoms with Gasteiger partial charge in [0.25, 0.3) is 0 Å². The number of carbonyl (C=O) groups is 2. The minimum absolute atomic E-state index is 0.0111. The lowest BCUT2D eigenvalue weighted by Crippen LogP contribution is -2.37. The average Bonchev–Trinajstić information content (AvgIpc) is 3.13. The third-order valence-electron chi connectivity index (χ3n) is 6.05. The van der Waals surface area contributed by atoms with E-state index in [-0.39, 0.29) is 17.6 Å². The quantitative estimate of drug-likeness (QED) is 0.885. The molecule has 4 rings (SSSR count). The number of fused-ring (bicyclic) bond motifs is 1. The van der Waals surface area contributed by atoms with Crippen molar-refractivity contribution in [2.45, 2.75) is 39.0 Å². The first-order chi connectivity index (χ1) is 13.4. The fourth-order valence-electron chi connectivity index (χ4n) is 4.31. The molecule has 7 heteroatoms. The standard InChI is InChI=1S/C21H25FN4O2/c1-13(27)26-7-5-14(6-8-26)9-16-12-23-24-21(16)17-10-15-3-4-20(28)25(2)19(15)11-18(17)22/h10-12,14H,3-9H2,1-2H3,(H,23,24). The van der Waals surface area contributed by atoms with Crippen LogP contribution in [0, 0.1) is 11.7 Å². The van der Waals surface area contributed by atoms with Crippen molar-refractivity contribution in [3.8, 4) is 11.3 Å². The van der Waals surface area contributed by atoms with E-state index in [9.17, 15) is 14.0 Å². The van der Waals surface area contributed by atoms with Gasteiger partial charge in [0.2, 0.25) is 11.8 Å². The summed E-state index contributed by atoms with van der Waals surface area (Å²) in [6.07, 6.45) is 5.62. The van der Waals surface area contributed by atoms with Crippen LogP contribution in [0.5, 0.6) is 0 Å². The smallest absolute Gasteiger partial charge is 0.227 e. The zero-order chi connectivity index (χ0) is 19.8. The number of piperidine rings is 1. The van der Waals surface area contributed by atoms with Crippen molar-refractivity contribution in [3.63, 3.8) is 0 Å². The van der Waals surface area contributed by atoms with Gasteiger partial charge >= 0.3 is 0 Å². The SMILES string of the molecule is CC(=O)N1CCC(Cc2c[nH]nc2-c2cc3c(cc2F)N(C)C(=O)CC3)CC1. The van der Waals surface area contributed by atoms with Crippen LogP contribution in [0.4, 0.5) is 10.1 Å². The first kappa shape index (κ1) is 18.7. The Bertz CT molecular complexity index is 915. The number of aromatic amines is 1. The number of aromatic nitrogens is 2. The minimum atomic E-state index is -0.361. The Kier molecular flexibility index (Phi) is 4.91. The van der Waals surface area contributed by atoms with Crippen molar-refractivity contribution in [3.05, 3.63) is 35.3 Å². The number of hydrogen-bond acceptors (Lipinski definition) is 3. The van der Waals surface area contributed by atoms with E-state index in [1.807, 2.05) is 17.2 Å². The van der Waals surface area contributed by atoms with Gasteiger partial charge in [-0.05, 0) is 54.9 Å². The monoisotopic (exact) mass is 384 g/mol. The molecule has 0 spiro atoms. The molecule has 148 valence electrons. The highest BCUT2D eigenvalue weighted by atomic mass is 19.1. The molecule has 1 N–H and O–H groups in total. The lowest BCUT2D eigenvalue weighted by molar-refractivity contribution is -0.130. The van der Waals surface area contributed by atoms with E-state index in [0.717, 1.165) is 43.5 Å². The molecule has 3 heterocycles. The molecule has 2 aliphatic rings. The van der Waals surface area contributed by atoms with Gasteiger partial charge in [0.1, 0.15) is 5.82 Å². The number of halogens is 1. The summed E-state index contributed by atoms with van der Waals surface area (Å²) in [4.78, 5) is 26.8. The van der Waals surface area contributed by atoms with Crippen molar-refractivity contribution in [2.24, 2.45) is 5.92 Å². The molecule has 0 unspecified atom stereocenters. The lowest BCUT2D eigenvalue weighted by atomic mass is 9.89. The van der Waals surface area contributed by atoms with Crippen LogP contribution >= 0.6 is 0 Å². The molecule has 2 aliphatic heterocycles. The van der Waals surface area contributed by atoms with Crippen LogP contribution in [0.15, 0.2) is 18.3 Å². The Morgan fingerprint density at radius 3 is 2.75 bits per heavy atom. The molecule has 6 nitrogen and oxygen atoms in total. The number of aryl methyl sites for hydroxylation is 1. The molecular weight excluding hydrogens is 359 g/mol. The van der Waals surface area contributed by atoms with Gasteiger partial charge in [0.15, 0.2) is 0 Å². The van der Waals surface area contributed by atoms with Crippen LogP contribution in [0.25, 0.3) is 11.3 Å². The number of likely N-dealkylation sites (tertiary alicyclic amines) is 1. The molecule has 2 aromatic rings. The molecule has 1 aromatic carbocycles. The number of rotatable bonds is 3. The molecule has 0 bridgehead atoms. The number of benzene rings is 1. The summed E-state index contributed by atoms with van der Waals surface area (Å²) in [5.74, 6) is 0.232. The Morgan fingerprint density at radius 1 is 1.29 bits per heavy atom. The molecular formula is C21H25FN4O2. The lowest BCUT2D eigenvalue weighted by Gasteiger charge is -2.31. The summed E-state index contributed by atoms with van der Waals surface area (Å²) in [5.41, 5.74) is 3.75. The van der Waals surface area contributed by atoms with E-state index in [2.05, 4.69) is 10.2 Å². The second kappa shape index (κ2) is 7.37. The average molecular weight is 384 g/mol. The number of anilines is 1. The van der Waals surface area contributed by atoms with E-state index in [1.165, 1.54) is 11.0 Å². The zero-order valence-corrected chi connectivity index (χ0v) is 16.3. The third kappa shape index (κ3) is 3.41. The maximum Gasteiger partial charge on any atom is 0.227 e. The van der Waals surface area contributed by atoms with E-state index in [0.29, 0.717) is 35.7 Å². The van der Waals surface area contributed by atoms with Crippen LogP contribution in [0.2, 0.25) is 0 Å². The molecule has 0 atom stereocenters. The number of amides is 2. The van der Waals surface area contributed by atoms with Gasteiger partial charge in [-0.15, -0.1) is 0 Å². The summed E-state index contributed by atoms with van der Waals surface area (Å²) in [7, 11) is 1.69. The Morgan fingerprint density at radius 2 is 2.04 bits per heavy atom. The third-order valence-corrected chi connectivity index (χ3v) is 6.05. The Hall–Kier alpha value is -2.70. The van der Waals surface area contributed by atoms with Gasteiger partial charge in [-0.2, -0.15) is 5.10 Å². The van der Waals surface area contributed by atoms with Gasteiger partial charge < -0.3 is 9.80 Å². The number of H-pyrrole nitrogens is 1. The highest BCUT2D eigenvalue weighted by Gasteiger charge is 2.26. The second-order valence-electron chi connectivity index (χ2n) is 7.83. The van der Waals surface area contributed by atoms with E-state index < -0.39 is 0 Å². The normalized spacial score (nSPS) is 17.8. The van der Waals surface area contributed by atoms with Crippen LogP contribution in [-0.4, -0.2) is 47.0 Å². The van der Waals surface area contributed by atoms with E-state index in [1.54, 1.807) is 14.0 Å². The summed E-state index contributed by atoms with van der Waals surface area (Å²) in [6.45, 7) is 3.17. The molecule has 0 radical (unpaired) electrons. The summed E-state index contributed by atoms with van der Waals surface area (Å²) < 4.78 is 14.9. The summed E-state index contributed by atoms with van der Waals surface area (Å²) >= 11 is 0. The number of hydrogen-bond donors (Lipinski definition) is 1. The Balaban J connectivity index is 1.56. The second-order valence-corrected chi connectivity index (χ2v) is 7.83. The predicted octanol–water partition coefficient (Wildman–Crippen LogP) is 2.93. The van der Waals surface area contributed by atoms with Crippen LogP contribution < -0.4 is 4.90 Å². The van der Waals surface area contributed by atoms with Gasteiger partial charge in [-0.3, -0.25) is 14.7 Å². The summed E-state index contributed by atoms with van der Waals surface area (Å²) in [6, 6.07) is 3.29. The zero-order valence-electron chi connectivity index (χ0n) is 16.3. The molecule has 1 saturated heterocycles. The van der Waals surface area contributed by atoms with Gasteiger partial charge in [0.05, 0.1) is 5.69 Å². The maximum absolute atomic E-state index is 14.9. The number of carbonyl (C=O) groups excluding carboxylic acids is 2. The van der Waals surface area contributed by atoms with Gasteiger partial charge in [-0.1, -0.05) is 0 Å². The molecule has 0 saturated carbocycles. The number of nitrogens with zero attached hydrogens (tertiary/aromatic N) is 3. The van der Waals surface area contributed by atoms with Crippen molar-refractivity contribution < 1.29 is 14.0 Å². The van der Waals surface area contributed by atoms with E-state index >= 15 is 0 Å². The van der Waals surface area contributed by atoms with E-state index in [4.69, 9.17) is 0 Å². The predicted molar refractivity (Wildman–Crippen MR) is 104 cm³/mol. The first-order valence-corrected chi connectivity index (χ1v) is 9.81. The number of nitrogens with one attached hydrogen (secondary N) is 1. The van der Waals surface area contributed by atoms with Crippen LogP contribution in [0.3, 0.4) is 0 Å². The van der Waals surface area contributed by atoms with Gasteiger partial charge in [-0.25, -0.2) is 4.39 Å². The van der Waals surface area contributed by atoms with Crippen LogP contribution in [0.1, 0.15) is 37.3 Å². The molecule has 2 amide bonds. The topological polar surface area (TPSA) is 69.3 Å². The van der Waals surface area contributed by atoms with Crippen molar-refractivity contribution >= 4 is 17.5 Å². The van der Waals surface area contributed by atoms with Crippen LogP contribution in [-0.2, 0) is 22.4 Å². The molecule has 28 heavy (non-hydrogen) atoms. The van der Waals surface area contributed by atoms with Gasteiger partial charge in [0, 0.05) is 50.9 Å². The highest BCUT2D eigenvalue weighted by molar-refractivity contribution is 5.96. The fraction of sp³-hybridized carbons (Fsp3) is 0.476. The van der Waals surface area contributed by atoms with Crippen molar-refractivity contribution in [2.75, 3.05) is 25.0 Å². The minimum Gasteiger partial charge on any atom is -0.343 e. The molecule has 1 aromatic heterocycles. The Labute approximate surface area is 163 Å². The van der Waals surface area contributed by atoms with Crippen molar-refractivity contribution in [1.82, 2.24) is 15.1 Å². The largest absolute Gasteiger partial charge is 0.343 e. The fourth-order valence-corrected chi connectivity index (χ4v) is 4.31. The first-order valence-electron chi connectivity index (χ1n) is 9.81.